The molecule has 1 heterocycles. The fraction of sp³-hybridized carbons (Fsp3) is 0.838. The quantitative estimate of drug-likeness (QED) is 0.163. The Hall–Kier alpha value is 0.264. The largest absolute Gasteiger partial charge is 0.240 e. The number of benzene rings is 1. The number of unbranched alkanes of at least 4 members (excludes halogenated alkanes) is 1. The Kier molecular flexibility index (Phi) is 15.5. The molecule has 1 fully saturated rings. The maximum atomic E-state index is 13.6. The SMILES string of the molecule is CCCC[C@@H](CC[C@H](CC1(C[C@@H](CCC)NS(=O)(=O)c2ccc(C)cc2)SCCCS1)[Si](C)(C)C(C)(C)C)[Si](C)(C)C(C)(C)C. The Morgan fingerprint density at radius 1 is 0.778 bits per heavy atom. The van der Waals surface area contributed by atoms with Gasteiger partial charge in [-0.2, -0.15) is 0 Å². The summed E-state index contributed by atoms with van der Waals surface area (Å²) in [6.07, 6.45) is 11.9. The van der Waals surface area contributed by atoms with E-state index in [9.17, 15) is 8.42 Å². The fourth-order valence-corrected chi connectivity index (χ4v) is 18.1. The highest BCUT2D eigenvalue weighted by Gasteiger charge is 2.48. The molecule has 0 radical (unpaired) electrons. The van der Waals surface area contributed by atoms with Crippen molar-refractivity contribution in [3.8, 4) is 0 Å². The third-order valence-electron chi connectivity index (χ3n) is 12.1. The minimum absolute atomic E-state index is 0.0518. The van der Waals surface area contributed by atoms with Gasteiger partial charge in [0.1, 0.15) is 0 Å². The van der Waals surface area contributed by atoms with Crippen molar-refractivity contribution < 1.29 is 8.42 Å². The van der Waals surface area contributed by atoms with Crippen molar-refractivity contribution in [2.45, 2.75) is 189 Å². The maximum Gasteiger partial charge on any atom is 0.240 e. The summed E-state index contributed by atoms with van der Waals surface area (Å²) in [6, 6.07) is 7.26. The van der Waals surface area contributed by atoms with Gasteiger partial charge >= 0.3 is 0 Å². The molecule has 0 saturated carbocycles. The van der Waals surface area contributed by atoms with Crippen molar-refractivity contribution in [1.29, 1.82) is 0 Å². The van der Waals surface area contributed by atoms with E-state index in [1.807, 2.05) is 19.1 Å². The molecule has 1 N–H and O–H groups in total. The van der Waals surface area contributed by atoms with E-state index in [2.05, 4.69) is 110 Å². The number of sulfonamides is 1. The average molecular weight is 714 g/mol. The normalized spacial score (nSPS) is 18.9. The summed E-state index contributed by atoms with van der Waals surface area (Å²) in [6.45, 7) is 32.2. The van der Waals surface area contributed by atoms with E-state index < -0.39 is 26.2 Å². The van der Waals surface area contributed by atoms with Crippen LogP contribution in [0.2, 0.25) is 47.3 Å². The maximum absolute atomic E-state index is 13.6. The zero-order chi connectivity index (χ0) is 34.3. The third kappa shape index (κ3) is 11.4. The molecule has 3 atom stereocenters. The molecule has 45 heavy (non-hydrogen) atoms. The highest BCUT2D eigenvalue weighted by molar-refractivity contribution is 8.18. The average Bonchev–Trinajstić information content (AvgIpc) is 2.91. The van der Waals surface area contributed by atoms with Gasteiger partial charge in [0, 0.05) is 6.04 Å². The standard InChI is InChI=1S/C37H71NO2S3Si2/c1-14-16-19-33(44(10,11)35(4,5)6)24-25-34(45(12,13)36(7,8)9)29-37(41-26-17-27-42-37)28-31(18-15-2)38-43(39,40)32-22-20-30(3)21-23-32/h20-23,31,33-34,38H,14-19,24-29H2,1-13H3/t31-,33+,34-/m1/s1. The van der Waals surface area contributed by atoms with Crippen LogP contribution in [0.1, 0.15) is 125 Å². The second-order valence-corrected chi connectivity index (χ2v) is 33.8. The summed E-state index contributed by atoms with van der Waals surface area (Å²) < 4.78 is 30.5. The first-order valence-electron chi connectivity index (χ1n) is 18.0. The van der Waals surface area contributed by atoms with Gasteiger partial charge in [0.25, 0.3) is 0 Å². The lowest BCUT2D eigenvalue weighted by atomic mass is 10.0. The van der Waals surface area contributed by atoms with Crippen molar-refractivity contribution in [3.05, 3.63) is 29.8 Å². The Labute approximate surface area is 291 Å². The predicted molar refractivity (Wildman–Crippen MR) is 212 cm³/mol. The molecular weight excluding hydrogens is 643 g/mol. The minimum Gasteiger partial charge on any atom is -0.208 e. The van der Waals surface area contributed by atoms with Gasteiger partial charge in [-0.3, -0.25) is 0 Å². The zero-order valence-corrected chi connectivity index (χ0v) is 36.0. The van der Waals surface area contributed by atoms with Crippen LogP contribution in [0.15, 0.2) is 29.2 Å². The van der Waals surface area contributed by atoms with Crippen LogP contribution < -0.4 is 4.72 Å². The monoisotopic (exact) mass is 713 g/mol. The van der Waals surface area contributed by atoms with Gasteiger partial charge in [-0.1, -0.05) is 138 Å². The van der Waals surface area contributed by atoms with Crippen LogP contribution in [0.5, 0.6) is 0 Å². The van der Waals surface area contributed by atoms with Gasteiger partial charge in [0.15, 0.2) is 0 Å². The van der Waals surface area contributed by atoms with Crippen LogP contribution in [-0.2, 0) is 10.0 Å². The Morgan fingerprint density at radius 3 is 1.78 bits per heavy atom. The van der Waals surface area contributed by atoms with Crippen LogP contribution in [0.4, 0.5) is 0 Å². The summed E-state index contributed by atoms with van der Waals surface area (Å²) in [5.41, 5.74) is 2.64. The molecule has 0 aliphatic carbocycles. The molecule has 0 unspecified atom stereocenters. The molecule has 8 heteroatoms. The summed E-state index contributed by atoms with van der Waals surface area (Å²) in [7, 11) is -6.75. The van der Waals surface area contributed by atoms with Gasteiger partial charge < -0.3 is 0 Å². The van der Waals surface area contributed by atoms with E-state index in [0.717, 1.165) is 30.4 Å². The Bertz CT molecular complexity index is 1130. The predicted octanol–water partition coefficient (Wildman–Crippen LogP) is 12.5. The first kappa shape index (κ1) is 41.4. The second kappa shape index (κ2) is 16.8. The van der Waals surface area contributed by atoms with Gasteiger partial charge in [0.05, 0.1) is 25.1 Å². The number of hydrogen-bond donors (Lipinski definition) is 1. The highest BCUT2D eigenvalue weighted by Crippen LogP contribution is 2.58. The minimum atomic E-state index is -3.57. The van der Waals surface area contributed by atoms with Gasteiger partial charge in [-0.15, -0.1) is 23.5 Å². The Balaban J connectivity index is 2.46. The summed E-state index contributed by atoms with van der Waals surface area (Å²) in [5, 5.41) is 0.713. The molecule has 1 aliphatic rings. The Morgan fingerprint density at radius 2 is 1.29 bits per heavy atom. The van der Waals surface area contributed by atoms with Crippen LogP contribution in [-0.4, -0.2) is 46.2 Å². The molecule has 262 valence electrons. The number of nitrogens with one attached hydrogen (secondary N) is 1. The van der Waals surface area contributed by atoms with Gasteiger partial charge in [-0.25, -0.2) is 13.1 Å². The molecular formula is C37H71NO2S3Si2. The number of hydrogen-bond acceptors (Lipinski definition) is 4. The van der Waals surface area contributed by atoms with Gasteiger partial charge in [-0.05, 0) is 77.4 Å². The highest BCUT2D eigenvalue weighted by atomic mass is 32.2. The summed E-state index contributed by atoms with van der Waals surface area (Å²) >= 11 is 4.32. The third-order valence-corrected chi connectivity index (χ3v) is 29.9. The van der Waals surface area contributed by atoms with E-state index >= 15 is 0 Å². The first-order valence-corrected chi connectivity index (χ1v) is 27.6. The van der Waals surface area contributed by atoms with Crippen molar-refractivity contribution in [1.82, 2.24) is 4.72 Å². The lowest BCUT2D eigenvalue weighted by Crippen LogP contribution is -2.47. The fourth-order valence-electron chi connectivity index (χ4n) is 6.90. The van der Waals surface area contributed by atoms with Crippen molar-refractivity contribution in [3.63, 3.8) is 0 Å². The molecule has 1 aromatic carbocycles. The van der Waals surface area contributed by atoms with E-state index in [1.165, 1.54) is 56.5 Å². The second-order valence-electron chi connectivity index (χ2n) is 17.3. The van der Waals surface area contributed by atoms with Crippen LogP contribution in [0.25, 0.3) is 0 Å². The number of aryl methyl sites for hydroxylation is 1. The molecule has 2 rings (SSSR count). The molecule has 1 aromatic rings. The molecule has 1 saturated heterocycles. The smallest absolute Gasteiger partial charge is 0.208 e. The molecule has 0 aromatic heterocycles. The van der Waals surface area contributed by atoms with Crippen molar-refractivity contribution in [2.24, 2.45) is 0 Å². The zero-order valence-electron chi connectivity index (χ0n) is 31.6. The molecule has 3 nitrogen and oxygen atoms in total. The van der Waals surface area contributed by atoms with E-state index in [1.54, 1.807) is 12.1 Å². The van der Waals surface area contributed by atoms with E-state index in [4.69, 9.17) is 0 Å². The number of rotatable bonds is 17. The molecule has 0 amide bonds. The summed E-state index contributed by atoms with van der Waals surface area (Å²) in [5.74, 6) is 2.37. The lowest BCUT2D eigenvalue weighted by Gasteiger charge is -2.50. The molecule has 0 spiro atoms. The van der Waals surface area contributed by atoms with E-state index in [0.29, 0.717) is 20.5 Å². The molecule has 0 bridgehead atoms. The van der Waals surface area contributed by atoms with Crippen LogP contribution in [0.3, 0.4) is 0 Å². The first-order chi connectivity index (χ1) is 20.6. The van der Waals surface area contributed by atoms with Crippen LogP contribution >= 0.6 is 23.5 Å². The molecule has 1 aliphatic heterocycles. The summed E-state index contributed by atoms with van der Waals surface area (Å²) in [4.78, 5) is 0.384. The van der Waals surface area contributed by atoms with Crippen LogP contribution in [0, 0.1) is 6.92 Å². The van der Waals surface area contributed by atoms with Gasteiger partial charge in [0.2, 0.25) is 10.0 Å². The topological polar surface area (TPSA) is 46.2 Å². The van der Waals surface area contributed by atoms with E-state index in [-0.39, 0.29) is 10.1 Å². The van der Waals surface area contributed by atoms with Crippen molar-refractivity contribution in [2.75, 3.05) is 11.5 Å². The number of thioether (sulfide) groups is 2. The lowest BCUT2D eigenvalue weighted by molar-refractivity contribution is 0.450. The van der Waals surface area contributed by atoms with Crippen molar-refractivity contribution >= 4 is 49.7 Å².